The summed E-state index contributed by atoms with van der Waals surface area (Å²) in [5.41, 5.74) is 4.31. The second kappa shape index (κ2) is 12.7. The van der Waals surface area contributed by atoms with Gasteiger partial charge in [0, 0.05) is 67.5 Å². The highest BCUT2D eigenvalue weighted by atomic mass is 32.2. The fraction of sp³-hybridized carbons (Fsp3) is 0.139. The molecular weight excluding hydrogens is 617 g/mol. The van der Waals surface area contributed by atoms with Gasteiger partial charge < -0.3 is 15.0 Å². The monoisotopic (exact) mass is 649 g/mol. The summed E-state index contributed by atoms with van der Waals surface area (Å²) < 4.78 is 50.5. The Morgan fingerprint density at radius 3 is 2.38 bits per heavy atom. The van der Waals surface area contributed by atoms with Gasteiger partial charge in [-0.2, -0.15) is 0 Å². The number of hydrogen-bond donors (Lipinski definition) is 1. The number of halogens is 1. The largest absolute Gasteiger partial charge is 0.496 e. The highest BCUT2D eigenvalue weighted by Crippen LogP contribution is 2.39. The van der Waals surface area contributed by atoms with Crippen molar-refractivity contribution in [3.63, 3.8) is 0 Å². The van der Waals surface area contributed by atoms with Gasteiger partial charge in [-0.25, -0.2) is 21.8 Å². The van der Waals surface area contributed by atoms with Gasteiger partial charge in [-0.05, 0) is 66.6 Å². The Balaban J connectivity index is 1.53. The average Bonchev–Trinajstić information content (AvgIpc) is 3.47. The fourth-order valence-corrected chi connectivity index (χ4v) is 6.70. The summed E-state index contributed by atoms with van der Waals surface area (Å²) in [5.74, 6) is -0.465. The first kappa shape index (κ1) is 31.4. The predicted octanol–water partition coefficient (Wildman–Crippen LogP) is 6.77. The van der Waals surface area contributed by atoms with Crippen LogP contribution in [0.1, 0.15) is 21.5 Å². The van der Waals surface area contributed by atoms with E-state index in [1.807, 2.05) is 25.1 Å². The number of carbonyl (C=O) groups excluding carboxylic acids is 1. The van der Waals surface area contributed by atoms with Gasteiger partial charge in [0.1, 0.15) is 11.6 Å². The highest BCUT2D eigenvalue weighted by molar-refractivity contribution is 7.90. The molecule has 0 radical (unpaired) electrons. The maximum atomic E-state index is 15.9. The summed E-state index contributed by atoms with van der Waals surface area (Å²) >= 11 is 0. The van der Waals surface area contributed by atoms with E-state index in [1.165, 1.54) is 23.4 Å². The molecule has 11 heteroatoms. The van der Waals surface area contributed by atoms with Crippen LogP contribution < -0.4 is 10.1 Å². The molecule has 3 heterocycles. The minimum Gasteiger partial charge on any atom is -0.496 e. The summed E-state index contributed by atoms with van der Waals surface area (Å²) in [4.78, 5) is 23.4. The Kier molecular flexibility index (Phi) is 8.48. The van der Waals surface area contributed by atoms with E-state index in [0.717, 1.165) is 15.1 Å². The summed E-state index contributed by atoms with van der Waals surface area (Å²) in [6.07, 6.45) is 6.30. The number of anilines is 1. The number of aryl methyl sites for hydroxylation is 1. The number of pyridine rings is 2. The van der Waals surface area contributed by atoms with Gasteiger partial charge in [-0.3, -0.25) is 9.78 Å². The van der Waals surface area contributed by atoms with Crippen molar-refractivity contribution < 1.29 is 22.3 Å². The van der Waals surface area contributed by atoms with Crippen LogP contribution in [-0.2, 0) is 16.6 Å². The number of hydrogen-bond acceptors (Lipinski definition) is 7. The van der Waals surface area contributed by atoms with E-state index in [0.29, 0.717) is 33.4 Å². The normalized spacial score (nSPS) is 11.4. The van der Waals surface area contributed by atoms with E-state index in [2.05, 4.69) is 15.3 Å². The first-order valence-electron chi connectivity index (χ1n) is 14.7. The van der Waals surface area contributed by atoms with E-state index in [1.54, 1.807) is 88.2 Å². The Morgan fingerprint density at radius 2 is 1.68 bits per heavy atom. The molecule has 6 aromatic rings. The first-order valence-corrected chi connectivity index (χ1v) is 16.2. The van der Waals surface area contributed by atoms with Crippen LogP contribution in [0.2, 0.25) is 0 Å². The number of nitrogens with zero attached hydrogens (tertiary/aromatic N) is 4. The van der Waals surface area contributed by atoms with Crippen molar-refractivity contribution in [3.8, 4) is 28.0 Å². The lowest BCUT2D eigenvalue weighted by molar-refractivity contribution is 0.0828. The van der Waals surface area contributed by atoms with E-state index < -0.39 is 15.8 Å². The molecule has 0 fully saturated rings. The second-order valence-electron chi connectivity index (χ2n) is 11.2. The van der Waals surface area contributed by atoms with Crippen molar-refractivity contribution in [2.24, 2.45) is 0 Å². The minimum atomic E-state index is -4.04. The van der Waals surface area contributed by atoms with Crippen LogP contribution in [0.4, 0.5) is 10.1 Å². The maximum Gasteiger partial charge on any atom is 0.269 e. The van der Waals surface area contributed by atoms with Crippen molar-refractivity contribution in [1.29, 1.82) is 0 Å². The van der Waals surface area contributed by atoms with Crippen LogP contribution in [0.5, 0.6) is 5.75 Å². The third kappa shape index (κ3) is 6.05. The molecule has 47 heavy (non-hydrogen) atoms. The number of rotatable bonds is 9. The van der Waals surface area contributed by atoms with Gasteiger partial charge in [-0.15, -0.1) is 0 Å². The second-order valence-corrected chi connectivity index (χ2v) is 13.1. The van der Waals surface area contributed by atoms with Gasteiger partial charge in [0.25, 0.3) is 15.9 Å². The molecule has 6 rings (SSSR count). The van der Waals surface area contributed by atoms with E-state index >= 15 is 4.39 Å². The summed E-state index contributed by atoms with van der Waals surface area (Å²) in [6, 6.07) is 22.2. The lowest BCUT2D eigenvalue weighted by atomic mass is 9.99. The summed E-state index contributed by atoms with van der Waals surface area (Å²) in [7, 11) is 0.700. The molecule has 9 nitrogen and oxygen atoms in total. The molecule has 0 unspecified atom stereocenters. The molecule has 238 valence electrons. The number of benzene rings is 3. The molecular formula is C36H32FN5O4S. The number of methoxy groups -OCH3 is 1. The molecule has 0 bridgehead atoms. The van der Waals surface area contributed by atoms with Crippen LogP contribution in [0.25, 0.3) is 33.3 Å². The number of carbonyl (C=O) groups is 1. The lowest BCUT2D eigenvalue weighted by Gasteiger charge is -2.18. The molecule has 3 aromatic carbocycles. The van der Waals surface area contributed by atoms with Crippen LogP contribution in [0.3, 0.4) is 0 Å². The van der Waals surface area contributed by atoms with Gasteiger partial charge in [0.15, 0.2) is 5.65 Å². The Bertz CT molecular complexity index is 2220. The SMILES string of the molecule is COc1ccccc1-c1cn(S(=O)(=O)c2ccc(C)cc2)c2ncc(-c3cc(F)c(NCc4ccncc4)c(C(=O)N(C)C)c3)cc12. The van der Waals surface area contributed by atoms with Gasteiger partial charge in [0.05, 0.1) is 23.3 Å². The molecule has 0 aliphatic carbocycles. The fourth-order valence-electron chi connectivity index (χ4n) is 5.38. The number of para-hydroxylation sites is 1. The number of amides is 1. The maximum absolute atomic E-state index is 15.9. The lowest BCUT2D eigenvalue weighted by Crippen LogP contribution is -2.23. The van der Waals surface area contributed by atoms with Crippen LogP contribution in [0, 0.1) is 12.7 Å². The average molecular weight is 650 g/mol. The third-order valence-corrected chi connectivity index (χ3v) is 9.53. The Hall–Kier alpha value is -5.55. The first-order chi connectivity index (χ1) is 22.6. The smallest absolute Gasteiger partial charge is 0.269 e. The van der Waals surface area contributed by atoms with Gasteiger partial charge in [-0.1, -0.05) is 35.9 Å². The highest BCUT2D eigenvalue weighted by Gasteiger charge is 2.25. The van der Waals surface area contributed by atoms with Crippen molar-refractivity contribution in [2.75, 3.05) is 26.5 Å². The molecule has 1 N–H and O–H groups in total. The van der Waals surface area contributed by atoms with E-state index in [4.69, 9.17) is 4.74 Å². The molecule has 0 aliphatic heterocycles. The zero-order valence-corrected chi connectivity index (χ0v) is 27.0. The molecule has 3 aromatic heterocycles. The molecule has 0 spiro atoms. The molecule has 0 aliphatic rings. The molecule has 1 amide bonds. The zero-order valence-electron chi connectivity index (χ0n) is 26.2. The van der Waals surface area contributed by atoms with Crippen LogP contribution in [0.15, 0.2) is 109 Å². The Morgan fingerprint density at radius 1 is 0.957 bits per heavy atom. The van der Waals surface area contributed by atoms with Crippen molar-refractivity contribution in [2.45, 2.75) is 18.4 Å². The summed E-state index contributed by atoms with van der Waals surface area (Å²) in [5, 5.41) is 3.58. The number of aromatic nitrogens is 3. The zero-order chi connectivity index (χ0) is 33.3. The topological polar surface area (TPSA) is 106 Å². The van der Waals surface area contributed by atoms with Gasteiger partial charge >= 0.3 is 0 Å². The molecule has 0 atom stereocenters. The molecule has 0 saturated carbocycles. The number of ether oxygens (including phenoxy) is 1. The predicted molar refractivity (Wildman–Crippen MR) is 180 cm³/mol. The van der Waals surface area contributed by atoms with Crippen LogP contribution >= 0.6 is 0 Å². The van der Waals surface area contributed by atoms with Crippen molar-refractivity contribution in [1.82, 2.24) is 18.8 Å². The van der Waals surface area contributed by atoms with Crippen molar-refractivity contribution in [3.05, 3.63) is 126 Å². The quantitative estimate of drug-likeness (QED) is 0.184. The van der Waals surface area contributed by atoms with Crippen molar-refractivity contribution >= 4 is 32.7 Å². The van der Waals surface area contributed by atoms with E-state index in [-0.39, 0.29) is 34.2 Å². The Labute approximate surface area is 272 Å². The molecule has 0 saturated heterocycles. The standard InChI is InChI=1S/C36H32FN5O4S/c1-23-9-11-27(12-10-23)47(44,45)42-22-31(28-7-5-6-8-33(28)46-4)29-18-26(21-40-35(29)42)25-17-30(36(43)41(2)3)34(32(37)19-25)39-20-24-13-15-38-16-14-24/h5-19,21-22,39H,20H2,1-4H3. The van der Waals surface area contributed by atoms with E-state index in [9.17, 15) is 13.2 Å². The number of nitrogens with one attached hydrogen (secondary N) is 1. The van der Waals surface area contributed by atoms with Crippen LogP contribution in [-0.4, -0.2) is 54.4 Å². The third-order valence-electron chi connectivity index (χ3n) is 7.87. The number of fused-ring (bicyclic) bond motifs is 1. The van der Waals surface area contributed by atoms with Gasteiger partial charge in [0.2, 0.25) is 0 Å². The summed E-state index contributed by atoms with van der Waals surface area (Å²) in [6.45, 7) is 2.17. The minimum absolute atomic E-state index is 0.0726.